The Morgan fingerprint density at radius 3 is 2.85 bits per heavy atom. The molecule has 0 aliphatic heterocycles. The van der Waals surface area contributed by atoms with Crippen molar-refractivity contribution in [2.24, 2.45) is 4.99 Å². The number of hydrogen-bond donors (Lipinski definition) is 0. The van der Waals surface area contributed by atoms with Gasteiger partial charge in [0.1, 0.15) is 5.76 Å². The lowest BCUT2D eigenvalue weighted by atomic mass is 10.3. The van der Waals surface area contributed by atoms with Crippen molar-refractivity contribution in [3.8, 4) is 0 Å². The van der Waals surface area contributed by atoms with Gasteiger partial charge in [-0.3, -0.25) is 0 Å². The van der Waals surface area contributed by atoms with Gasteiger partial charge in [0.25, 0.3) is 4.87 Å². The lowest BCUT2D eigenvalue weighted by molar-refractivity contribution is 0.0603. The second kappa shape index (κ2) is 4.23. The van der Waals surface area contributed by atoms with Crippen LogP contribution in [0.25, 0.3) is 0 Å². The lowest BCUT2D eigenvalue weighted by Crippen LogP contribution is -2.00. The van der Waals surface area contributed by atoms with Crippen LogP contribution in [0.3, 0.4) is 0 Å². The van der Waals surface area contributed by atoms with Crippen molar-refractivity contribution in [2.45, 2.75) is 13.3 Å². The highest BCUT2D eigenvalue weighted by atomic mass is 32.1. The summed E-state index contributed by atoms with van der Waals surface area (Å²) in [6, 6.07) is 0. The second-order valence-electron chi connectivity index (χ2n) is 2.29. The first-order valence-corrected chi connectivity index (χ1v) is 4.68. The molecule has 1 heterocycles. The topological polar surface area (TPSA) is 51.8 Å². The summed E-state index contributed by atoms with van der Waals surface area (Å²) in [6.45, 7) is 1.91. The van der Waals surface area contributed by atoms with Crippen molar-refractivity contribution in [1.29, 1.82) is 0 Å². The molecule has 0 unspecified atom stereocenters. The third-order valence-corrected chi connectivity index (χ3v) is 2.57. The molecular weight excluding hydrogens is 190 g/mol. The maximum Gasteiger partial charge on any atom is 0.351 e. The van der Waals surface area contributed by atoms with Gasteiger partial charge in [-0.15, -0.1) is 0 Å². The smallest absolute Gasteiger partial charge is 0.351 e. The molecule has 1 rings (SSSR count). The maximum atomic E-state index is 11.2. The van der Waals surface area contributed by atoms with E-state index in [4.69, 9.17) is 4.42 Å². The molecule has 4 nitrogen and oxygen atoms in total. The largest absolute Gasteiger partial charge is 0.465 e. The summed E-state index contributed by atoms with van der Waals surface area (Å²) in [5, 5.41) is 0. The van der Waals surface area contributed by atoms with Crippen LogP contribution < -0.4 is 4.87 Å². The summed E-state index contributed by atoms with van der Waals surface area (Å²) < 4.78 is 9.89. The Hall–Kier alpha value is -1.10. The number of methoxy groups -OCH3 is 1. The molecule has 0 aromatic carbocycles. The zero-order valence-electron chi connectivity index (χ0n) is 7.79. The van der Waals surface area contributed by atoms with Gasteiger partial charge in [-0.05, 0) is 0 Å². The van der Waals surface area contributed by atoms with E-state index in [1.807, 2.05) is 6.92 Å². The van der Waals surface area contributed by atoms with Gasteiger partial charge in [-0.1, -0.05) is 18.3 Å². The molecule has 72 valence electrons. The van der Waals surface area contributed by atoms with Gasteiger partial charge in [-0.2, -0.15) is 0 Å². The molecule has 0 spiro atoms. The first-order valence-electron chi connectivity index (χ1n) is 3.86. The number of carbonyl (C=O) groups is 1. The Morgan fingerprint density at radius 2 is 2.38 bits per heavy atom. The SMILES string of the molecule is CCc1oc(=NC)sc1C(=O)OC. The zero-order chi connectivity index (χ0) is 9.84. The van der Waals surface area contributed by atoms with Gasteiger partial charge in [0.15, 0.2) is 4.88 Å². The van der Waals surface area contributed by atoms with Gasteiger partial charge in [0.05, 0.1) is 7.11 Å². The highest BCUT2D eigenvalue weighted by molar-refractivity contribution is 7.11. The van der Waals surface area contributed by atoms with Crippen molar-refractivity contribution in [3.05, 3.63) is 15.5 Å². The van der Waals surface area contributed by atoms with Gasteiger partial charge in [0, 0.05) is 13.5 Å². The molecule has 0 N–H and O–H groups in total. The molecule has 1 aromatic rings. The van der Waals surface area contributed by atoms with Crippen LogP contribution in [0.1, 0.15) is 22.4 Å². The van der Waals surface area contributed by atoms with Crippen LogP contribution in [-0.2, 0) is 11.2 Å². The van der Waals surface area contributed by atoms with Crippen LogP contribution in [0.2, 0.25) is 0 Å². The van der Waals surface area contributed by atoms with E-state index in [2.05, 4.69) is 9.73 Å². The molecule has 0 saturated heterocycles. The van der Waals surface area contributed by atoms with E-state index >= 15 is 0 Å². The fourth-order valence-corrected chi connectivity index (χ4v) is 1.76. The van der Waals surface area contributed by atoms with Crippen LogP contribution in [-0.4, -0.2) is 20.1 Å². The predicted octanol–water partition coefficient (Wildman–Crippen LogP) is 1.22. The fraction of sp³-hybridized carbons (Fsp3) is 0.500. The van der Waals surface area contributed by atoms with E-state index in [9.17, 15) is 4.79 Å². The second-order valence-corrected chi connectivity index (χ2v) is 3.25. The number of esters is 1. The maximum absolute atomic E-state index is 11.2. The van der Waals surface area contributed by atoms with Crippen molar-refractivity contribution in [3.63, 3.8) is 0 Å². The van der Waals surface area contributed by atoms with Gasteiger partial charge in [0.2, 0.25) is 0 Å². The number of aryl methyl sites for hydroxylation is 1. The number of carbonyl (C=O) groups excluding carboxylic acids is 1. The van der Waals surface area contributed by atoms with Gasteiger partial charge in [-0.25, -0.2) is 9.79 Å². The minimum atomic E-state index is -0.361. The molecule has 13 heavy (non-hydrogen) atoms. The lowest BCUT2D eigenvalue weighted by Gasteiger charge is -1.94. The Labute approximate surface area is 79.9 Å². The average molecular weight is 201 g/mol. The summed E-state index contributed by atoms with van der Waals surface area (Å²) in [6.07, 6.45) is 0.663. The fourth-order valence-electron chi connectivity index (χ4n) is 0.889. The molecule has 0 aliphatic carbocycles. The van der Waals surface area contributed by atoms with E-state index in [0.717, 1.165) is 0 Å². The van der Waals surface area contributed by atoms with E-state index in [0.29, 0.717) is 21.9 Å². The van der Waals surface area contributed by atoms with Crippen LogP contribution >= 0.6 is 11.3 Å². The molecule has 0 fully saturated rings. The summed E-state index contributed by atoms with van der Waals surface area (Å²) in [5.74, 6) is 0.276. The quantitative estimate of drug-likeness (QED) is 0.676. The van der Waals surface area contributed by atoms with Crippen LogP contribution in [0.5, 0.6) is 0 Å². The molecule has 1 aromatic heterocycles. The Balaban J connectivity index is 3.19. The minimum absolute atomic E-state index is 0.361. The Kier molecular flexibility index (Phi) is 3.25. The van der Waals surface area contributed by atoms with E-state index < -0.39 is 0 Å². The van der Waals surface area contributed by atoms with E-state index in [1.54, 1.807) is 7.05 Å². The molecule has 0 aliphatic rings. The van der Waals surface area contributed by atoms with Crippen LogP contribution in [0, 0.1) is 0 Å². The number of ether oxygens (including phenoxy) is 1. The van der Waals surface area contributed by atoms with E-state index in [1.165, 1.54) is 18.4 Å². The van der Waals surface area contributed by atoms with Crippen LogP contribution in [0.4, 0.5) is 0 Å². The van der Waals surface area contributed by atoms with Crippen molar-refractivity contribution in [1.82, 2.24) is 0 Å². The molecule has 0 bridgehead atoms. The van der Waals surface area contributed by atoms with Crippen molar-refractivity contribution < 1.29 is 13.9 Å². The van der Waals surface area contributed by atoms with Crippen molar-refractivity contribution >= 4 is 17.3 Å². The zero-order valence-corrected chi connectivity index (χ0v) is 8.60. The molecule has 0 radical (unpaired) electrons. The first kappa shape index (κ1) is 9.98. The average Bonchev–Trinajstić information content (AvgIpc) is 2.59. The van der Waals surface area contributed by atoms with Gasteiger partial charge >= 0.3 is 5.97 Å². The molecule has 5 heteroatoms. The Bertz CT molecular complexity index is 364. The van der Waals surface area contributed by atoms with Gasteiger partial charge < -0.3 is 9.15 Å². The number of hydrogen-bond acceptors (Lipinski definition) is 5. The summed E-state index contributed by atoms with van der Waals surface area (Å²) in [4.78, 5) is 16.1. The molecule has 0 saturated carbocycles. The van der Waals surface area contributed by atoms with Crippen molar-refractivity contribution in [2.75, 3.05) is 14.2 Å². The molecule has 0 atom stereocenters. The molecular formula is C8H11NO3S. The third kappa shape index (κ3) is 1.98. The van der Waals surface area contributed by atoms with Crippen LogP contribution in [0.15, 0.2) is 9.41 Å². The third-order valence-electron chi connectivity index (χ3n) is 1.53. The van der Waals surface area contributed by atoms with E-state index in [-0.39, 0.29) is 5.97 Å². The number of rotatable bonds is 2. The monoisotopic (exact) mass is 201 g/mol. The normalized spacial score (nSPS) is 11.8. The standard InChI is InChI=1S/C8H11NO3S/c1-4-5-6(7(10)11-3)13-8(9-2)12-5/h4H2,1-3H3. The summed E-state index contributed by atoms with van der Waals surface area (Å²) in [5.41, 5.74) is 0. The predicted molar refractivity (Wildman–Crippen MR) is 48.8 cm³/mol. The highest BCUT2D eigenvalue weighted by Crippen LogP contribution is 2.13. The summed E-state index contributed by atoms with van der Waals surface area (Å²) >= 11 is 1.21. The highest BCUT2D eigenvalue weighted by Gasteiger charge is 2.16. The first-order chi connectivity index (χ1) is 6.22. The number of nitrogens with zero attached hydrogens (tertiary/aromatic N) is 1. The molecule has 0 amide bonds. The minimum Gasteiger partial charge on any atom is -0.465 e. The Morgan fingerprint density at radius 1 is 1.69 bits per heavy atom. The summed E-state index contributed by atoms with van der Waals surface area (Å²) in [7, 11) is 2.97.